The van der Waals surface area contributed by atoms with Gasteiger partial charge < -0.3 is 5.32 Å². The highest BCUT2D eigenvalue weighted by molar-refractivity contribution is 5.18. The molecule has 1 nitrogen and oxygen atoms in total. The Bertz CT molecular complexity index is 300. The molecule has 0 saturated heterocycles. The fourth-order valence-corrected chi connectivity index (χ4v) is 1.83. The Labute approximate surface area is 93.2 Å². The quantitative estimate of drug-likeness (QED) is 0.720. The first-order valence-corrected chi connectivity index (χ1v) is 5.49. The van der Waals surface area contributed by atoms with E-state index in [1.165, 1.54) is 5.56 Å². The summed E-state index contributed by atoms with van der Waals surface area (Å²) in [6.07, 6.45) is 2.94. The molecule has 0 aliphatic heterocycles. The predicted molar refractivity (Wildman–Crippen MR) is 66.9 cm³/mol. The Morgan fingerprint density at radius 3 is 2.47 bits per heavy atom. The topological polar surface area (TPSA) is 12.0 Å². The minimum absolute atomic E-state index is 0.108. The SMILES string of the molecule is C=CCC(C)(C)N[C@@H](C)c1ccccc1. The van der Waals surface area contributed by atoms with Gasteiger partial charge in [0.1, 0.15) is 0 Å². The summed E-state index contributed by atoms with van der Waals surface area (Å²) in [4.78, 5) is 0. The third kappa shape index (κ3) is 3.88. The van der Waals surface area contributed by atoms with Crippen LogP contribution >= 0.6 is 0 Å². The number of hydrogen-bond acceptors (Lipinski definition) is 1. The summed E-state index contributed by atoms with van der Waals surface area (Å²) in [5, 5.41) is 3.60. The molecule has 0 spiro atoms. The van der Waals surface area contributed by atoms with Crippen molar-refractivity contribution in [2.75, 3.05) is 0 Å². The standard InChI is InChI=1S/C14H21N/c1-5-11-14(3,4)15-12(2)13-9-7-6-8-10-13/h5-10,12,15H,1,11H2,2-4H3/t12-/m0/s1. The van der Waals surface area contributed by atoms with Gasteiger partial charge in [0.25, 0.3) is 0 Å². The van der Waals surface area contributed by atoms with Crippen LogP contribution in [0.15, 0.2) is 43.0 Å². The lowest BCUT2D eigenvalue weighted by molar-refractivity contribution is 0.351. The van der Waals surface area contributed by atoms with Crippen molar-refractivity contribution < 1.29 is 0 Å². The Morgan fingerprint density at radius 1 is 1.33 bits per heavy atom. The lowest BCUT2D eigenvalue weighted by Crippen LogP contribution is -2.40. The van der Waals surface area contributed by atoms with Gasteiger partial charge in [0.05, 0.1) is 0 Å². The zero-order chi connectivity index (χ0) is 11.3. The molecular formula is C14H21N. The Morgan fingerprint density at radius 2 is 1.93 bits per heavy atom. The second kappa shape index (κ2) is 5.13. The molecule has 0 aliphatic carbocycles. The van der Waals surface area contributed by atoms with Crippen LogP contribution in [0, 0.1) is 0 Å². The predicted octanol–water partition coefficient (Wildman–Crippen LogP) is 3.69. The summed E-state index contributed by atoms with van der Waals surface area (Å²) in [5.41, 5.74) is 1.44. The molecule has 1 aromatic rings. The van der Waals surface area contributed by atoms with E-state index in [1.54, 1.807) is 0 Å². The van der Waals surface area contributed by atoms with Gasteiger partial charge in [0, 0.05) is 11.6 Å². The summed E-state index contributed by atoms with van der Waals surface area (Å²) in [5.74, 6) is 0. The fourth-order valence-electron chi connectivity index (χ4n) is 1.83. The zero-order valence-corrected chi connectivity index (χ0v) is 9.96. The van der Waals surface area contributed by atoms with Crippen molar-refractivity contribution in [3.63, 3.8) is 0 Å². The van der Waals surface area contributed by atoms with Crippen LogP contribution in [0.3, 0.4) is 0 Å². The molecule has 0 fully saturated rings. The van der Waals surface area contributed by atoms with E-state index in [0.717, 1.165) is 6.42 Å². The van der Waals surface area contributed by atoms with Crippen LogP contribution in [0.1, 0.15) is 38.8 Å². The number of benzene rings is 1. The van der Waals surface area contributed by atoms with Crippen molar-refractivity contribution in [1.82, 2.24) is 5.32 Å². The fraction of sp³-hybridized carbons (Fsp3) is 0.429. The molecule has 1 N–H and O–H groups in total. The lowest BCUT2D eigenvalue weighted by Gasteiger charge is -2.29. The van der Waals surface area contributed by atoms with Crippen LogP contribution in [0.2, 0.25) is 0 Å². The molecule has 0 aromatic heterocycles. The summed E-state index contributed by atoms with van der Waals surface area (Å²) >= 11 is 0. The monoisotopic (exact) mass is 203 g/mol. The summed E-state index contributed by atoms with van der Waals surface area (Å²) in [7, 11) is 0. The lowest BCUT2D eigenvalue weighted by atomic mass is 9.97. The van der Waals surface area contributed by atoms with Gasteiger partial charge in [-0.2, -0.15) is 0 Å². The van der Waals surface area contributed by atoms with E-state index >= 15 is 0 Å². The summed E-state index contributed by atoms with van der Waals surface area (Å²) < 4.78 is 0. The molecule has 0 bridgehead atoms. The molecule has 82 valence electrons. The van der Waals surface area contributed by atoms with Crippen molar-refractivity contribution in [2.45, 2.75) is 38.8 Å². The summed E-state index contributed by atoms with van der Waals surface area (Å²) in [6.45, 7) is 10.4. The van der Waals surface area contributed by atoms with Crippen LogP contribution in [0.4, 0.5) is 0 Å². The van der Waals surface area contributed by atoms with Crippen molar-refractivity contribution >= 4 is 0 Å². The molecule has 0 saturated carbocycles. The van der Waals surface area contributed by atoms with Crippen LogP contribution in [-0.4, -0.2) is 5.54 Å². The largest absolute Gasteiger partial charge is 0.305 e. The highest BCUT2D eigenvalue weighted by Gasteiger charge is 2.18. The molecule has 1 heteroatoms. The van der Waals surface area contributed by atoms with E-state index in [1.807, 2.05) is 12.1 Å². The van der Waals surface area contributed by atoms with Gasteiger partial charge >= 0.3 is 0 Å². The minimum Gasteiger partial charge on any atom is -0.305 e. The van der Waals surface area contributed by atoms with E-state index in [-0.39, 0.29) is 5.54 Å². The van der Waals surface area contributed by atoms with Gasteiger partial charge in [-0.15, -0.1) is 6.58 Å². The highest BCUT2D eigenvalue weighted by Crippen LogP contribution is 2.18. The first kappa shape index (κ1) is 12.0. The molecule has 1 aromatic carbocycles. The van der Waals surface area contributed by atoms with Crippen molar-refractivity contribution in [1.29, 1.82) is 0 Å². The second-order valence-corrected chi connectivity index (χ2v) is 4.65. The maximum Gasteiger partial charge on any atom is 0.0296 e. The first-order chi connectivity index (χ1) is 7.05. The van der Waals surface area contributed by atoms with E-state index in [0.29, 0.717) is 6.04 Å². The molecule has 0 radical (unpaired) electrons. The maximum atomic E-state index is 3.79. The Hall–Kier alpha value is -1.08. The summed E-state index contributed by atoms with van der Waals surface area (Å²) in [6, 6.07) is 10.9. The molecule has 1 rings (SSSR count). The molecule has 1 atom stereocenters. The molecule has 0 heterocycles. The van der Waals surface area contributed by atoms with Gasteiger partial charge in [0.2, 0.25) is 0 Å². The second-order valence-electron chi connectivity index (χ2n) is 4.65. The Balaban J connectivity index is 2.63. The average molecular weight is 203 g/mol. The van der Waals surface area contributed by atoms with Crippen molar-refractivity contribution in [3.05, 3.63) is 48.6 Å². The Kier molecular flexibility index (Phi) is 4.10. The van der Waals surface area contributed by atoms with Gasteiger partial charge in [-0.1, -0.05) is 36.4 Å². The van der Waals surface area contributed by atoms with Gasteiger partial charge in [0.15, 0.2) is 0 Å². The average Bonchev–Trinajstić information content (AvgIpc) is 2.18. The van der Waals surface area contributed by atoms with E-state index in [2.05, 4.69) is 56.9 Å². The normalized spacial score (nSPS) is 13.5. The van der Waals surface area contributed by atoms with Crippen LogP contribution in [0.25, 0.3) is 0 Å². The zero-order valence-electron chi connectivity index (χ0n) is 9.96. The van der Waals surface area contributed by atoms with E-state index in [4.69, 9.17) is 0 Å². The highest BCUT2D eigenvalue weighted by atomic mass is 15.0. The molecule has 0 aliphatic rings. The number of hydrogen-bond donors (Lipinski definition) is 1. The van der Waals surface area contributed by atoms with Gasteiger partial charge in [-0.3, -0.25) is 0 Å². The number of nitrogens with one attached hydrogen (secondary N) is 1. The maximum absolute atomic E-state index is 3.79. The smallest absolute Gasteiger partial charge is 0.0296 e. The minimum atomic E-state index is 0.108. The van der Waals surface area contributed by atoms with Crippen molar-refractivity contribution in [2.24, 2.45) is 0 Å². The third-order valence-electron chi connectivity index (χ3n) is 2.56. The van der Waals surface area contributed by atoms with Crippen LogP contribution in [-0.2, 0) is 0 Å². The molecule has 0 unspecified atom stereocenters. The first-order valence-electron chi connectivity index (χ1n) is 5.49. The van der Waals surface area contributed by atoms with Crippen LogP contribution in [0.5, 0.6) is 0 Å². The van der Waals surface area contributed by atoms with E-state index < -0.39 is 0 Å². The van der Waals surface area contributed by atoms with Gasteiger partial charge in [-0.05, 0) is 32.8 Å². The molecule has 15 heavy (non-hydrogen) atoms. The van der Waals surface area contributed by atoms with Crippen LogP contribution < -0.4 is 5.32 Å². The molecule has 0 amide bonds. The third-order valence-corrected chi connectivity index (χ3v) is 2.56. The molecular weight excluding hydrogens is 182 g/mol. The van der Waals surface area contributed by atoms with E-state index in [9.17, 15) is 0 Å². The van der Waals surface area contributed by atoms with Crippen molar-refractivity contribution in [3.8, 4) is 0 Å². The van der Waals surface area contributed by atoms with Gasteiger partial charge in [-0.25, -0.2) is 0 Å². The number of rotatable bonds is 5.